The molecule has 1 aliphatic rings. The van der Waals surface area contributed by atoms with Crippen molar-refractivity contribution in [3.63, 3.8) is 0 Å². The predicted octanol–water partition coefficient (Wildman–Crippen LogP) is 0.960. The minimum absolute atomic E-state index is 0.0556. The van der Waals surface area contributed by atoms with Gasteiger partial charge in [0.2, 0.25) is 0 Å². The first kappa shape index (κ1) is 13.3. The van der Waals surface area contributed by atoms with Crippen LogP contribution in [0.5, 0.6) is 0 Å². The van der Waals surface area contributed by atoms with E-state index in [0.29, 0.717) is 25.3 Å². The third-order valence-corrected chi connectivity index (χ3v) is 3.94. The quantitative estimate of drug-likeness (QED) is 0.905. The lowest BCUT2D eigenvalue weighted by Gasteiger charge is -2.46. The minimum Gasteiger partial charge on any atom is -0.387 e. The van der Waals surface area contributed by atoms with Crippen molar-refractivity contribution in [2.45, 2.75) is 32.4 Å². The molecule has 3 heterocycles. The number of β-amino-alcohol motifs (C(OH)–C–C–N with tert-alkyl or cyclic N) is 1. The fourth-order valence-electron chi connectivity index (χ4n) is 2.69. The number of hydrogen-bond donors (Lipinski definition) is 1. The van der Waals surface area contributed by atoms with Gasteiger partial charge in [0.1, 0.15) is 5.65 Å². The molecule has 5 nitrogen and oxygen atoms in total. The van der Waals surface area contributed by atoms with Crippen LogP contribution in [0.3, 0.4) is 0 Å². The van der Waals surface area contributed by atoms with E-state index in [-0.39, 0.29) is 5.56 Å². The molecule has 2 aromatic heterocycles. The van der Waals surface area contributed by atoms with Crippen LogP contribution >= 0.6 is 0 Å². The lowest BCUT2D eigenvalue weighted by atomic mass is 9.91. The highest BCUT2D eigenvalue weighted by Crippen LogP contribution is 2.25. The van der Waals surface area contributed by atoms with Crippen LogP contribution in [0.25, 0.3) is 5.65 Å². The Bertz CT molecular complexity index is 702. The van der Waals surface area contributed by atoms with E-state index in [1.807, 2.05) is 26.0 Å². The highest BCUT2D eigenvalue weighted by molar-refractivity contribution is 5.39. The highest BCUT2D eigenvalue weighted by atomic mass is 16.3. The second-order valence-electron chi connectivity index (χ2n) is 5.74. The van der Waals surface area contributed by atoms with E-state index in [4.69, 9.17) is 0 Å². The maximum absolute atomic E-state index is 12.1. The van der Waals surface area contributed by atoms with Gasteiger partial charge in [0, 0.05) is 31.9 Å². The van der Waals surface area contributed by atoms with E-state index in [0.717, 1.165) is 17.7 Å². The van der Waals surface area contributed by atoms with E-state index in [9.17, 15) is 9.90 Å². The topological polar surface area (TPSA) is 57.8 Å². The number of aliphatic hydroxyl groups is 1. The second-order valence-corrected chi connectivity index (χ2v) is 5.74. The van der Waals surface area contributed by atoms with Crippen LogP contribution in [0.15, 0.2) is 29.2 Å². The highest BCUT2D eigenvalue weighted by Gasteiger charge is 2.39. The maximum atomic E-state index is 12.1. The van der Waals surface area contributed by atoms with Crippen molar-refractivity contribution in [3.8, 4) is 0 Å². The van der Waals surface area contributed by atoms with Crippen LogP contribution in [0.1, 0.15) is 24.6 Å². The zero-order valence-electron chi connectivity index (χ0n) is 11.8. The van der Waals surface area contributed by atoms with Crippen LogP contribution in [0.2, 0.25) is 0 Å². The summed E-state index contributed by atoms with van der Waals surface area (Å²) in [5.41, 5.74) is 1.86. The molecule has 0 bridgehead atoms. The van der Waals surface area contributed by atoms with Gasteiger partial charge < -0.3 is 5.11 Å². The first-order valence-electron chi connectivity index (χ1n) is 6.93. The third-order valence-electron chi connectivity index (χ3n) is 3.94. The predicted molar refractivity (Wildman–Crippen MR) is 76.7 cm³/mol. The van der Waals surface area contributed by atoms with E-state index in [1.54, 1.807) is 16.7 Å². The molecule has 3 rings (SSSR count). The Labute approximate surface area is 117 Å². The van der Waals surface area contributed by atoms with Crippen LogP contribution in [0.4, 0.5) is 0 Å². The Morgan fingerprint density at radius 1 is 1.40 bits per heavy atom. The molecule has 0 aliphatic carbocycles. The Balaban J connectivity index is 1.84. The van der Waals surface area contributed by atoms with E-state index in [1.165, 1.54) is 0 Å². The molecule has 5 heteroatoms. The smallest absolute Gasteiger partial charge is 0.258 e. The molecular formula is C15H19N3O2. The number of fused-ring (bicyclic) bond motifs is 1. The second kappa shape index (κ2) is 4.68. The minimum atomic E-state index is -0.553. The summed E-state index contributed by atoms with van der Waals surface area (Å²) < 4.78 is 1.57. The zero-order valence-corrected chi connectivity index (χ0v) is 11.8. The monoisotopic (exact) mass is 273 g/mol. The number of nitrogens with zero attached hydrogens (tertiary/aromatic N) is 3. The van der Waals surface area contributed by atoms with E-state index < -0.39 is 5.60 Å². The van der Waals surface area contributed by atoms with Crippen molar-refractivity contribution in [1.82, 2.24) is 14.3 Å². The largest absolute Gasteiger partial charge is 0.387 e. The number of pyridine rings is 1. The van der Waals surface area contributed by atoms with Gasteiger partial charge in [0.05, 0.1) is 11.3 Å². The Morgan fingerprint density at radius 2 is 2.15 bits per heavy atom. The summed E-state index contributed by atoms with van der Waals surface area (Å²) in [5.74, 6) is 0. The first-order valence-corrected chi connectivity index (χ1v) is 6.93. The van der Waals surface area contributed by atoms with Crippen molar-refractivity contribution in [2.75, 3.05) is 13.1 Å². The van der Waals surface area contributed by atoms with Gasteiger partial charge in [-0.1, -0.05) is 13.0 Å². The van der Waals surface area contributed by atoms with Gasteiger partial charge in [-0.25, -0.2) is 4.98 Å². The van der Waals surface area contributed by atoms with Crippen LogP contribution in [-0.4, -0.2) is 38.1 Å². The summed E-state index contributed by atoms with van der Waals surface area (Å²) >= 11 is 0. The molecule has 106 valence electrons. The molecule has 1 saturated heterocycles. The summed E-state index contributed by atoms with van der Waals surface area (Å²) in [7, 11) is 0. The average Bonchev–Trinajstić information content (AvgIpc) is 2.38. The Kier molecular flexibility index (Phi) is 3.11. The molecule has 0 amide bonds. The molecule has 0 aromatic carbocycles. The maximum Gasteiger partial charge on any atom is 0.258 e. The molecule has 0 spiro atoms. The van der Waals surface area contributed by atoms with Gasteiger partial charge in [-0.3, -0.25) is 14.1 Å². The summed E-state index contributed by atoms with van der Waals surface area (Å²) in [6, 6.07) is 5.39. The number of aryl methyl sites for hydroxylation is 1. The Morgan fingerprint density at radius 3 is 2.85 bits per heavy atom. The van der Waals surface area contributed by atoms with Gasteiger partial charge in [0.15, 0.2) is 0 Å². The number of hydrogen-bond acceptors (Lipinski definition) is 4. The lowest BCUT2D eigenvalue weighted by molar-refractivity contribution is -0.103. The fraction of sp³-hybridized carbons (Fsp3) is 0.467. The number of aromatic nitrogens is 2. The van der Waals surface area contributed by atoms with Gasteiger partial charge in [-0.05, 0) is 25.0 Å². The zero-order chi connectivity index (χ0) is 14.3. The number of rotatable bonds is 3. The lowest BCUT2D eigenvalue weighted by Crippen LogP contribution is -2.60. The molecular weight excluding hydrogens is 254 g/mol. The van der Waals surface area contributed by atoms with Gasteiger partial charge >= 0.3 is 0 Å². The van der Waals surface area contributed by atoms with Crippen molar-refractivity contribution >= 4 is 5.65 Å². The molecule has 0 saturated carbocycles. The average molecular weight is 273 g/mol. The standard InChI is InChI=1S/C15H19N3O2/c1-3-15(20)9-17(10-15)8-12-6-14(19)18-7-11(2)4-5-13(18)16-12/h4-7,20H,3,8-10H2,1-2H3. The van der Waals surface area contributed by atoms with Gasteiger partial charge in [-0.15, -0.1) is 0 Å². The summed E-state index contributed by atoms with van der Waals surface area (Å²) in [5, 5.41) is 10.00. The molecule has 2 aromatic rings. The molecule has 0 unspecified atom stereocenters. The molecule has 1 aliphatic heterocycles. The Hall–Kier alpha value is -1.72. The first-order chi connectivity index (χ1) is 9.49. The molecule has 20 heavy (non-hydrogen) atoms. The molecule has 0 atom stereocenters. The SMILES string of the molecule is CCC1(O)CN(Cc2cc(=O)n3cc(C)ccc3n2)C1. The molecule has 0 radical (unpaired) electrons. The number of likely N-dealkylation sites (tertiary alicyclic amines) is 1. The van der Waals surface area contributed by atoms with E-state index in [2.05, 4.69) is 9.88 Å². The fourth-order valence-corrected chi connectivity index (χ4v) is 2.69. The van der Waals surface area contributed by atoms with Crippen molar-refractivity contribution in [3.05, 3.63) is 46.0 Å². The molecule has 1 N–H and O–H groups in total. The third kappa shape index (κ3) is 2.34. The summed E-state index contributed by atoms with van der Waals surface area (Å²) in [6.45, 7) is 5.85. The summed E-state index contributed by atoms with van der Waals surface area (Å²) in [4.78, 5) is 18.7. The van der Waals surface area contributed by atoms with Gasteiger partial charge in [0.25, 0.3) is 5.56 Å². The van der Waals surface area contributed by atoms with Crippen molar-refractivity contribution in [1.29, 1.82) is 0 Å². The molecule has 1 fully saturated rings. The van der Waals surface area contributed by atoms with Crippen molar-refractivity contribution < 1.29 is 5.11 Å². The normalized spacial score (nSPS) is 18.1. The van der Waals surface area contributed by atoms with Crippen LogP contribution in [0, 0.1) is 6.92 Å². The van der Waals surface area contributed by atoms with Crippen LogP contribution in [-0.2, 0) is 6.54 Å². The van der Waals surface area contributed by atoms with Crippen LogP contribution < -0.4 is 5.56 Å². The summed E-state index contributed by atoms with van der Waals surface area (Å²) in [6.07, 6.45) is 2.56. The van der Waals surface area contributed by atoms with E-state index >= 15 is 0 Å². The van der Waals surface area contributed by atoms with Crippen molar-refractivity contribution in [2.24, 2.45) is 0 Å². The van der Waals surface area contributed by atoms with Gasteiger partial charge in [-0.2, -0.15) is 0 Å².